The van der Waals surface area contributed by atoms with Gasteiger partial charge in [0.1, 0.15) is 0 Å². The summed E-state index contributed by atoms with van der Waals surface area (Å²) in [4.78, 5) is 0. The van der Waals surface area contributed by atoms with Gasteiger partial charge in [-0.15, -0.1) is 0 Å². The zero-order valence-electron chi connectivity index (χ0n) is 11.4. The molecule has 1 aromatic rings. The van der Waals surface area contributed by atoms with Crippen LogP contribution in [0, 0.1) is 0 Å². The first kappa shape index (κ1) is 13.5. The number of hydrogen-bond donors (Lipinski definition) is 2. The maximum absolute atomic E-state index is 5.66. The minimum Gasteiger partial charge on any atom is -0.378 e. The predicted octanol–water partition coefficient (Wildman–Crippen LogP) is 1.14. The Labute approximate surface area is 109 Å². The molecule has 1 fully saturated rings. The van der Waals surface area contributed by atoms with Crippen LogP contribution in [0.1, 0.15) is 37.8 Å². The molecule has 0 spiro atoms. The van der Waals surface area contributed by atoms with Crippen molar-refractivity contribution in [2.45, 2.75) is 50.2 Å². The highest BCUT2D eigenvalue weighted by atomic mass is 16.5. The minimum absolute atomic E-state index is 0.0729. The van der Waals surface area contributed by atoms with Crippen LogP contribution in [0.4, 0.5) is 0 Å². The van der Waals surface area contributed by atoms with E-state index in [-0.39, 0.29) is 5.60 Å². The number of hydrogen-bond acceptors (Lipinski definition) is 4. The van der Waals surface area contributed by atoms with Crippen LogP contribution in [0.2, 0.25) is 0 Å². The topological polar surface area (TPSA) is 65.1 Å². The molecule has 1 unspecified atom stereocenters. The number of rotatable bonds is 7. The Balaban J connectivity index is 1.84. The third-order valence-corrected chi connectivity index (χ3v) is 4.22. The Morgan fingerprint density at radius 1 is 1.61 bits per heavy atom. The van der Waals surface area contributed by atoms with Crippen LogP contribution in [0.25, 0.3) is 0 Å². The average Bonchev–Trinajstić information content (AvgIpc) is 2.74. The Morgan fingerprint density at radius 3 is 2.83 bits per heavy atom. The van der Waals surface area contributed by atoms with Crippen LogP contribution < -0.4 is 11.3 Å². The SMILES string of the molecule is COC1(CC(CCc2ccnn2C)NN)CCC1. The third kappa shape index (κ3) is 2.91. The lowest BCUT2D eigenvalue weighted by molar-refractivity contribution is -0.0839. The normalized spacial score (nSPS) is 19.5. The van der Waals surface area contributed by atoms with Crippen molar-refractivity contribution in [1.29, 1.82) is 0 Å². The number of nitrogens with zero attached hydrogens (tertiary/aromatic N) is 2. The molecule has 1 saturated carbocycles. The minimum atomic E-state index is 0.0729. The van der Waals surface area contributed by atoms with Crippen molar-refractivity contribution in [2.24, 2.45) is 12.9 Å². The van der Waals surface area contributed by atoms with Gasteiger partial charge in [-0.3, -0.25) is 16.0 Å². The maximum atomic E-state index is 5.66. The predicted molar refractivity (Wildman–Crippen MR) is 70.8 cm³/mol. The standard InChI is InChI=1S/C13H24N4O/c1-17-12(6-9-15-17)5-4-11(16-14)10-13(18-2)7-3-8-13/h6,9,11,16H,3-5,7-8,10,14H2,1-2H3. The number of nitrogens with one attached hydrogen (secondary N) is 1. The van der Waals surface area contributed by atoms with E-state index in [1.807, 2.05) is 25.0 Å². The van der Waals surface area contributed by atoms with Crippen molar-refractivity contribution in [3.05, 3.63) is 18.0 Å². The number of aromatic nitrogens is 2. The summed E-state index contributed by atoms with van der Waals surface area (Å²) in [6.45, 7) is 0. The summed E-state index contributed by atoms with van der Waals surface area (Å²) in [5.41, 5.74) is 4.25. The molecule has 0 amide bonds. The van der Waals surface area contributed by atoms with Crippen molar-refractivity contribution in [3.63, 3.8) is 0 Å². The lowest BCUT2D eigenvalue weighted by Crippen LogP contribution is -2.47. The molecule has 1 aliphatic rings. The molecule has 1 aromatic heterocycles. The molecule has 2 rings (SSSR count). The maximum Gasteiger partial charge on any atom is 0.0694 e. The van der Waals surface area contributed by atoms with Crippen LogP contribution >= 0.6 is 0 Å². The van der Waals surface area contributed by atoms with Crippen LogP contribution in [-0.4, -0.2) is 28.5 Å². The van der Waals surface area contributed by atoms with Gasteiger partial charge in [-0.2, -0.15) is 5.10 Å². The average molecular weight is 252 g/mol. The van der Waals surface area contributed by atoms with Crippen LogP contribution in [0.5, 0.6) is 0 Å². The quantitative estimate of drug-likeness (QED) is 0.564. The van der Waals surface area contributed by atoms with E-state index in [2.05, 4.69) is 16.6 Å². The highest BCUT2D eigenvalue weighted by molar-refractivity contribution is 5.01. The van der Waals surface area contributed by atoms with Crippen molar-refractivity contribution >= 4 is 0 Å². The molecule has 1 atom stereocenters. The van der Waals surface area contributed by atoms with E-state index in [1.54, 1.807) is 0 Å². The van der Waals surface area contributed by atoms with Crippen LogP contribution in [-0.2, 0) is 18.2 Å². The van der Waals surface area contributed by atoms with Gasteiger partial charge in [0.05, 0.1) is 5.60 Å². The second-order valence-corrected chi connectivity index (χ2v) is 5.29. The van der Waals surface area contributed by atoms with Crippen LogP contribution in [0.15, 0.2) is 12.3 Å². The third-order valence-electron chi connectivity index (χ3n) is 4.22. The molecule has 1 aliphatic carbocycles. The lowest BCUT2D eigenvalue weighted by Gasteiger charge is -2.42. The van der Waals surface area contributed by atoms with Gasteiger partial charge in [0.15, 0.2) is 0 Å². The molecule has 18 heavy (non-hydrogen) atoms. The van der Waals surface area contributed by atoms with Gasteiger partial charge < -0.3 is 4.74 Å². The van der Waals surface area contributed by atoms with Gasteiger partial charge >= 0.3 is 0 Å². The Bertz CT molecular complexity index is 367. The van der Waals surface area contributed by atoms with Gasteiger partial charge in [-0.1, -0.05) is 0 Å². The first-order valence-electron chi connectivity index (χ1n) is 6.67. The summed E-state index contributed by atoms with van der Waals surface area (Å²) in [7, 11) is 3.79. The summed E-state index contributed by atoms with van der Waals surface area (Å²) in [5.74, 6) is 5.66. The van der Waals surface area contributed by atoms with Crippen LogP contribution in [0.3, 0.4) is 0 Å². The van der Waals surface area contributed by atoms with Crippen molar-refractivity contribution in [3.8, 4) is 0 Å². The fraction of sp³-hybridized carbons (Fsp3) is 0.769. The van der Waals surface area contributed by atoms with E-state index < -0.39 is 0 Å². The second kappa shape index (κ2) is 5.82. The fourth-order valence-electron chi connectivity index (χ4n) is 2.72. The number of nitrogens with two attached hydrogens (primary N) is 1. The first-order chi connectivity index (χ1) is 8.69. The van der Waals surface area contributed by atoms with E-state index >= 15 is 0 Å². The van der Waals surface area contributed by atoms with E-state index in [1.165, 1.54) is 12.1 Å². The van der Waals surface area contributed by atoms with Gasteiger partial charge in [-0.05, 0) is 44.6 Å². The molecule has 5 heteroatoms. The molecule has 0 aliphatic heterocycles. The zero-order valence-corrected chi connectivity index (χ0v) is 11.4. The summed E-state index contributed by atoms with van der Waals surface area (Å²) in [6.07, 6.45) is 8.43. The number of ether oxygens (including phenoxy) is 1. The van der Waals surface area contributed by atoms with Gasteiger partial charge in [0.25, 0.3) is 0 Å². The lowest BCUT2D eigenvalue weighted by atomic mass is 9.75. The summed E-state index contributed by atoms with van der Waals surface area (Å²) in [6, 6.07) is 2.36. The first-order valence-corrected chi connectivity index (χ1v) is 6.67. The number of aryl methyl sites for hydroxylation is 2. The molecule has 102 valence electrons. The van der Waals surface area contributed by atoms with E-state index in [0.717, 1.165) is 32.1 Å². The molecule has 0 bridgehead atoms. The Kier molecular flexibility index (Phi) is 4.37. The van der Waals surface area contributed by atoms with Crippen molar-refractivity contribution in [2.75, 3.05) is 7.11 Å². The van der Waals surface area contributed by atoms with Gasteiger partial charge in [0, 0.05) is 32.1 Å². The molecule has 0 aromatic carbocycles. The van der Waals surface area contributed by atoms with Crippen molar-refractivity contribution < 1.29 is 4.74 Å². The summed E-state index contributed by atoms with van der Waals surface area (Å²) < 4.78 is 7.57. The molecule has 0 radical (unpaired) electrons. The van der Waals surface area contributed by atoms with E-state index in [4.69, 9.17) is 10.6 Å². The monoisotopic (exact) mass is 252 g/mol. The number of hydrazine groups is 1. The summed E-state index contributed by atoms with van der Waals surface area (Å²) in [5, 5.41) is 4.18. The number of methoxy groups -OCH3 is 1. The van der Waals surface area contributed by atoms with Crippen molar-refractivity contribution in [1.82, 2.24) is 15.2 Å². The smallest absolute Gasteiger partial charge is 0.0694 e. The Hall–Kier alpha value is -0.910. The molecular weight excluding hydrogens is 228 g/mol. The van der Waals surface area contributed by atoms with Gasteiger partial charge in [-0.25, -0.2) is 0 Å². The molecule has 5 nitrogen and oxygen atoms in total. The van der Waals surface area contributed by atoms with E-state index in [0.29, 0.717) is 6.04 Å². The zero-order chi connectivity index (χ0) is 13.0. The summed E-state index contributed by atoms with van der Waals surface area (Å²) >= 11 is 0. The molecule has 0 saturated heterocycles. The van der Waals surface area contributed by atoms with Gasteiger partial charge in [0.2, 0.25) is 0 Å². The highest BCUT2D eigenvalue weighted by Gasteiger charge is 2.38. The second-order valence-electron chi connectivity index (χ2n) is 5.29. The highest BCUT2D eigenvalue weighted by Crippen LogP contribution is 2.39. The molecule has 1 heterocycles. The van der Waals surface area contributed by atoms with E-state index in [9.17, 15) is 0 Å². The molecular formula is C13H24N4O. The largest absolute Gasteiger partial charge is 0.378 e. The fourth-order valence-corrected chi connectivity index (χ4v) is 2.72. The molecule has 3 N–H and O–H groups in total. The Morgan fingerprint density at radius 2 is 2.39 bits per heavy atom.